The Morgan fingerprint density at radius 3 is 2.55 bits per heavy atom. The van der Waals surface area contributed by atoms with Gasteiger partial charge in [-0.2, -0.15) is 0 Å². The summed E-state index contributed by atoms with van der Waals surface area (Å²) < 4.78 is 16.4. The highest BCUT2D eigenvalue weighted by Crippen LogP contribution is 2.36. The Morgan fingerprint density at radius 2 is 1.86 bits per heavy atom. The normalized spacial score (nSPS) is 10.6. The molecule has 0 aliphatic heterocycles. The number of para-hydroxylation sites is 1. The molecule has 5 nitrogen and oxygen atoms in total. The molecule has 0 saturated carbocycles. The van der Waals surface area contributed by atoms with Crippen molar-refractivity contribution in [1.82, 2.24) is 0 Å². The van der Waals surface area contributed by atoms with Crippen LogP contribution in [0.5, 0.6) is 17.2 Å². The highest BCUT2D eigenvalue weighted by atomic mass is 35.5. The van der Waals surface area contributed by atoms with Gasteiger partial charge in [-0.3, -0.25) is 0 Å². The Balaban J connectivity index is 1.97. The SMILES string of the molecule is COc1cc(C=NO)cc(Cl)c1OCCOc1ccccc1. The lowest BCUT2D eigenvalue weighted by atomic mass is 10.2. The van der Waals surface area contributed by atoms with Crippen molar-refractivity contribution in [2.75, 3.05) is 20.3 Å². The fraction of sp³-hybridized carbons (Fsp3) is 0.188. The van der Waals surface area contributed by atoms with Crippen molar-refractivity contribution in [3.8, 4) is 17.2 Å². The summed E-state index contributed by atoms with van der Waals surface area (Å²) in [6, 6.07) is 12.8. The average molecular weight is 322 g/mol. The standard InChI is InChI=1S/C16H16ClNO4/c1-20-15-10-12(11-18-19)9-14(17)16(15)22-8-7-21-13-5-3-2-4-6-13/h2-6,9-11,19H,7-8H2,1H3. The molecular formula is C16H16ClNO4. The van der Waals surface area contributed by atoms with Gasteiger partial charge in [0.1, 0.15) is 19.0 Å². The largest absolute Gasteiger partial charge is 0.493 e. The lowest BCUT2D eigenvalue weighted by Gasteiger charge is -2.13. The first-order valence-electron chi connectivity index (χ1n) is 6.60. The van der Waals surface area contributed by atoms with Gasteiger partial charge in [0, 0.05) is 5.56 Å². The maximum atomic E-state index is 8.56. The Kier molecular flexibility index (Phi) is 5.91. The van der Waals surface area contributed by atoms with E-state index in [4.69, 9.17) is 31.0 Å². The Bertz CT molecular complexity index is 632. The molecule has 0 unspecified atom stereocenters. The van der Waals surface area contributed by atoms with Gasteiger partial charge in [0.25, 0.3) is 0 Å². The molecule has 2 aromatic carbocycles. The minimum atomic E-state index is 0.318. The summed E-state index contributed by atoms with van der Waals surface area (Å²) in [5.41, 5.74) is 0.609. The number of hydrogen-bond acceptors (Lipinski definition) is 5. The number of ether oxygens (including phenoxy) is 3. The summed E-state index contributed by atoms with van der Waals surface area (Å²) in [5.74, 6) is 1.66. The van der Waals surface area contributed by atoms with Gasteiger partial charge in [-0.15, -0.1) is 0 Å². The first-order chi connectivity index (χ1) is 10.7. The van der Waals surface area contributed by atoms with E-state index in [0.717, 1.165) is 5.75 Å². The van der Waals surface area contributed by atoms with E-state index in [2.05, 4.69) is 5.16 Å². The van der Waals surface area contributed by atoms with Crippen LogP contribution in [-0.4, -0.2) is 31.7 Å². The molecule has 0 aromatic heterocycles. The van der Waals surface area contributed by atoms with Gasteiger partial charge in [-0.1, -0.05) is 35.0 Å². The Hall–Kier alpha value is -2.40. The zero-order chi connectivity index (χ0) is 15.8. The van der Waals surface area contributed by atoms with E-state index in [9.17, 15) is 0 Å². The molecule has 0 bridgehead atoms. The van der Waals surface area contributed by atoms with Gasteiger partial charge in [0.2, 0.25) is 0 Å². The molecule has 0 spiro atoms. The number of halogens is 1. The van der Waals surface area contributed by atoms with Crippen LogP contribution in [-0.2, 0) is 0 Å². The third kappa shape index (κ3) is 4.30. The van der Waals surface area contributed by atoms with Crippen molar-refractivity contribution in [2.24, 2.45) is 5.16 Å². The van der Waals surface area contributed by atoms with Crippen LogP contribution < -0.4 is 14.2 Å². The number of oxime groups is 1. The van der Waals surface area contributed by atoms with Crippen LogP contribution in [0.4, 0.5) is 0 Å². The number of rotatable bonds is 7. The second-order valence-corrected chi connectivity index (χ2v) is 4.70. The molecule has 0 aliphatic carbocycles. The molecule has 0 aliphatic rings. The number of benzene rings is 2. The van der Waals surface area contributed by atoms with E-state index in [0.29, 0.717) is 35.3 Å². The molecule has 0 fully saturated rings. The zero-order valence-electron chi connectivity index (χ0n) is 12.0. The summed E-state index contributed by atoms with van der Waals surface area (Å²) in [5, 5.41) is 11.9. The van der Waals surface area contributed by atoms with Crippen LogP contribution in [0.15, 0.2) is 47.6 Å². The summed E-state index contributed by atoms with van der Waals surface area (Å²) in [4.78, 5) is 0. The summed E-state index contributed by atoms with van der Waals surface area (Å²) >= 11 is 6.16. The van der Waals surface area contributed by atoms with Gasteiger partial charge < -0.3 is 19.4 Å². The summed E-state index contributed by atoms with van der Waals surface area (Å²) in [6.07, 6.45) is 1.26. The minimum Gasteiger partial charge on any atom is -0.493 e. The second-order valence-electron chi connectivity index (χ2n) is 4.29. The molecule has 1 N–H and O–H groups in total. The van der Waals surface area contributed by atoms with Crippen LogP contribution in [0.2, 0.25) is 5.02 Å². The molecular weight excluding hydrogens is 306 g/mol. The Labute approximate surface area is 133 Å². The van der Waals surface area contributed by atoms with E-state index in [1.54, 1.807) is 12.1 Å². The molecule has 22 heavy (non-hydrogen) atoms. The smallest absolute Gasteiger partial charge is 0.179 e. The van der Waals surface area contributed by atoms with Gasteiger partial charge >= 0.3 is 0 Å². The summed E-state index contributed by atoms with van der Waals surface area (Å²) in [6.45, 7) is 0.696. The molecule has 0 radical (unpaired) electrons. The lowest BCUT2D eigenvalue weighted by molar-refractivity contribution is 0.211. The third-order valence-corrected chi connectivity index (χ3v) is 3.08. The molecule has 0 heterocycles. The molecule has 2 aromatic rings. The van der Waals surface area contributed by atoms with Crippen LogP contribution in [0, 0.1) is 0 Å². The summed E-state index contributed by atoms with van der Waals surface area (Å²) in [7, 11) is 1.51. The van der Waals surface area contributed by atoms with Crippen LogP contribution in [0.1, 0.15) is 5.56 Å². The van der Waals surface area contributed by atoms with Crippen LogP contribution in [0.25, 0.3) is 0 Å². The highest BCUT2D eigenvalue weighted by molar-refractivity contribution is 6.32. The van der Waals surface area contributed by atoms with Crippen molar-refractivity contribution < 1.29 is 19.4 Å². The van der Waals surface area contributed by atoms with Gasteiger partial charge in [-0.25, -0.2) is 0 Å². The quantitative estimate of drug-likeness (QED) is 0.366. The van der Waals surface area contributed by atoms with Gasteiger partial charge in [-0.05, 0) is 24.3 Å². The first kappa shape index (κ1) is 16.0. The fourth-order valence-corrected chi connectivity index (χ4v) is 2.11. The molecule has 0 atom stereocenters. The van der Waals surface area contributed by atoms with Crippen molar-refractivity contribution in [3.05, 3.63) is 53.1 Å². The van der Waals surface area contributed by atoms with E-state index < -0.39 is 0 Å². The van der Waals surface area contributed by atoms with Crippen LogP contribution in [0.3, 0.4) is 0 Å². The van der Waals surface area contributed by atoms with E-state index in [1.807, 2.05) is 30.3 Å². The van der Waals surface area contributed by atoms with Crippen molar-refractivity contribution in [1.29, 1.82) is 0 Å². The van der Waals surface area contributed by atoms with E-state index in [1.165, 1.54) is 13.3 Å². The molecule has 6 heteroatoms. The van der Waals surface area contributed by atoms with Crippen molar-refractivity contribution >= 4 is 17.8 Å². The predicted molar refractivity (Wildman–Crippen MR) is 84.8 cm³/mol. The number of hydrogen-bond donors (Lipinski definition) is 1. The predicted octanol–water partition coefficient (Wildman–Crippen LogP) is 3.61. The topological polar surface area (TPSA) is 60.3 Å². The van der Waals surface area contributed by atoms with Crippen LogP contribution >= 0.6 is 11.6 Å². The van der Waals surface area contributed by atoms with Gasteiger partial charge in [0.05, 0.1) is 18.3 Å². The van der Waals surface area contributed by atoms with Crippen molar-refractivity contribution in [3.63, 3.8) is 0 Å². The maximum Gasteiger partial charge on any atom is 0.179 e. The lowest BCUT2D eigenvalue weighted by Crippen LogP contribution is -2.10. The average Bonchev–Trinajstić information content (AvgIpc) is 2.54. The van der Waals surface area contributed by atoms with Gasteiger partial charge in [0.15, 0.2) is 11.5 Å². The Morgan fingerprint density at radius 1 is 1.14 bits per heavy atom. The van der Waals surface area contributed by atoms with E-state index >= 15 is 0 Å². The molecule has 0 saturated heterocycles. The van der Waals surface area contributed by atoms with Crippen molar-refractivity contribution in [2.45, 2.75) is 0 Å². The highest BCUT2D eigenvalue weighted by Gasteiger charge is 2.11. The third-order valence-electron chi connectivity index (χ3n) is 2.80. The number of methoxy groups -OCH3 is 1. The zero-order valence-corrected chi connectivity index (χ0v) is 12.8. The first-order valence-corrected chi connectivity index (χ1v) is 6.98. The minimum absolute atomic E-state index is 0.318. The fourth-order valence-electron chi connectivity index (χ4n) is 1.84. The monoisotopic (exact) mass is 321 g/mol. The molecule has 0 amide bonds. The molecule has 2 rings (SSSR count). The number of nitrogens with zero attached hydrogens (tertiary/aromatic N) is 1. The van der Waals surface area contributed by atoms with E-state index in [-0.39, 0.29) is 0 Å². The second kappa shape index (κ2) is 8.14. The maximum absolute atomic E-state index is 8.56. The molecule has 116 valence electrons.